The molecule has 0 aliphatic rings. The number of ketones is 1. The first-order chi connectivity index (χ1) is 18.9. The van der Waals surface area contributed by atoms with Crippen LogP contribution in [-0.4, -0.2) is 86.0 Å². The van der Waals surface area contributed by atoms with E-state index >= 15 is 0 Å². The normalized spacial score (nSPS) is 12.8. The van der Waals surface area contributed by atoms with Crippen LogP contribution in [0.3, 0.4) is 0 Å². The number of hydrogen-bond donors (Lipinski definition) is 6. The molecule has 0 saturated heterocycles. The molecule has 0 aliphatic carbocycles. The minimum absolute atomic E-state index is 0.0928. The van der Waals surface area contributed by atoms with Crippen molar-refractivity contribution in [1.29, 1.82) is 0 Å². The highest BCUT2D eigenvalue weighted by Gasteiger charge is 2.25. The number of carbonyl (C=O) groups is 6. The first kappa shape index (κ1) is 34.3. The summed E-state index contributed by atoms with van der Waals surface area (Å²) < 4.78 is 0. The quantitative estimate of drug-likeness (QED) is 0.0930. The smallest absolute Gasteiger partial charge is 0.243 e. The van der Waals surface area contributed by atoms with Gasteiger partial charge in [0.05, 0.1) is 25.1 Å². The van der Waals surface area contributed by atoms with Gasteiger partial charge in [-0.2, -0.15) is 0 Å². The van der Waals surface area contributed by atoms with Crippen LogP contribution < -0.4 is 26.6 Å². The summed E-state index contributed by atoms with van der Waals surface area (Å²) in [5, 5.41) is 22.1. The average Bonchev–Trinajstić information content (AvgIpc) is 2.91. The van der Waals surface area contributed by atoms with Crippen molar-refractivity contribution in [3.8, 4) is 0 Å². The Labute approximate surface area is 236 Å². The fourth-order valence-electron chi connectivity index (χ4n) is 3.45. The third-order valence-corrected chi connectivity index (χ3v) is 5.95. The standard InChI is InChI=1S/C27H40BN5O7/c1-3-4-5-9-12-22(35)30-16-24(37)31-18-25(38)33-21(15-20-10-7-6-8-11-20)26(39)32-17-23(36)29-14-13-27(28,40)19(2)34/h6-8,10-11,21,40H,3-5,9,12-18H2,1-2H3,(H,29,36)(H,30,35)(H,31,37)(H,32,39)(H,33,38). The molecule has 1 aromatic carbocycles. The highest BCUT2D eigenvalue weighted by atomic mass is 16.3. The molecular weight excluding hydrogens is 517 g/mol. The van der Waals surface area contributed by atoms with Crippen LogP contribution in [0.4, 0.5) is 0 Å². The van der Waals surface area contributed by atoms with E-state index in [1.165, 1.54) is 0 Å². The van der Waals surface area contributed by atoms with E-state index in [0.717, 1.165) is 38.2 Å². The highest BCUT2D eigenvalue weighted by molar-refractivity contribution is 6.27. The van der Waals surface area contributed by atoms with Gasteiger partial charge in [-0.1, -0.05) is 56.5 Å². The summed E-state index contributed by atoms with van der Waals surface area (Å²) in [5.74, 6) is -3.28. The fourth-order valence-corrected chi connectivity index (χ4v) is 3.45. The van der Waals surface area contributed by atoms with Gasteiger partial charge in [0.1, 0.15) is 13.9 Å². The number of rotatable bonds is 19. The lowest BCUT2D eigenvalue weighted by atomic mass is 9.76. The number of benzene rings is 1. The lowest BCUT2D eigenvalue weighted by molar-refractivity contribution is -0.131. The van der Waals surface area contributed by atoms with Crippen LogP contribution >= 0.6 is 0 Å². The largest absolute Gasteiger partial charge is 0.392 e. The Morgan fingerprint density at radius 2 is 1.43 bits per heavy atom. The third-order valence-electron chi connectivity index (χ3n) is 5.95. The molecule has 2 unspecified atom stereocenters. The van der Waals surface area contributed by atoms with E-state index in [-0.39, 0.29) is 31.8 Å². The molecule has 1 aromatic rings. The molecule has 218 valence electrons. The predicted octanol–water partition coefficient (Wildman–Crippen LogP) is -1.01. The first-order valence-electron chi connectivity index (χ1n) is 13.4. The molecule has 1 rings (SSSR count). The van der Waals surface area contributed by atoms with E-state index in [1.54, 1.807) is 30.3 Å². The summed E-state index contributed by atoms with van der Waals surface area (Å²) in [6.45, 7) is 2.01. The number of nitrogens with one attached hydrogen (secondary N) is 5. The molecule has 5 amide bonds. The van der Waals surface area contributed by atoms with Gasteiger partial charge in [-0.15, -0.1) is 0 Å². The Morgan fingerprint density at radius 3 is 2.08 bits per heavy atom. The molecule has 12 nitrogen and oxygen atoms in total. The molecule has 2 radical (unpaired) electrons. The van der Waals surface area contributed by atoms with E-state index in [2.05, 4.69) is 33.5 Å². The van der Waals surface area contributed by atoms with Crippen molar-refractivity contribution in [3.63, 3.8) is 0 Å². The summed E-state index contributed by atoms with van der Waals surface area (Å²) >= 11 is 0. The molecule has 13 heteroatoms. The second-order valence-electron chi connectivity index (χ2n) is 9.47. The van der Waals surface area contributed by atoms with Crippen molar-refractivity contribution in [3.05, 3.63) is 35.9 Å². The van der Waals surface area contributed by atoms with Gasteiger partial charge in [0, 0.05) is 19.4 Å². The molecule has 0 bridgehead atoms. The minimum atomic E-state index is -2.06. The van der Waals surface area contributed by atoms with Crippen LogP contribution in [0.25, 0.3) is 0 Å². The zero-order valence-electron chi connectivity index (χ0n) is 23.2. The Morgan fingerprint density at radius 1 is 0.825 bits per heavy atom. The average molecular weight is 557 g/mol. The number of hydrogen-bond acceptors (Lipinski definition) is 7. The van der Waals surface area contributed by atoms with E-state index in [1.807, 2.05) is 0 Å². The van der Waals surface area contributed by atoms with Gasteiger partial charge in [-0.25, -0.2) is 0 Å². The maximum atomic E-state index is 12.8. The molecule has 0 aromatic heterocycles. The Hall–Kier alpha value is -3.74. The molecule has 6 N–H and O–H groups in total. The fraction of sp³-hybridized carbons (Fsp3) is 0.556. The molecule has 0 heterocycles. The molecule has 0 fully saturated rings. The third kappa shape index (κ3) is 15.0. The second-order valence-corrected chi connectivity index (χ2v) is 9.47. The number of carbonyl (C=O) groups excluding carboxylic acids is 6. The summed E-state index contributed by atoms with van der Waals surface area (Å²) in [6, 6.07) is 7.85. The van der Waals surface area contributed by atoms with Crippen molar-refractivity contribution >= 4 is 43.2 Å². The molecule has 40 heavy (non-hydrogen) atoms. The topological polar surface area (TPSA) is 183 Å². The van der Waals surface area contributed by atoms with Crippen molar-refractivity contribution in [2.24, 2.45) is 0 Å². The second kappa shape index (κ2) is 18.5. The van der Waals surface area contributed by atoms with Gasteiger partial charge >= 0.3 is 0 Å². The summed E-state index contributed by atoms with van der Waals surface area (Å²) in [5.41, 5.74) is -1.30. The maximum Gasteiger partial charge on any atom is 0.243 e. The molecular formula is C27H40BN5O7. The minimum Gasteiger partial charge on any atom is -0.392 e. The van der Waals surface area contributed by atoms with Gasteiger partial charge < -0.3 is 31.7 Å². The zero-order valence-corrected chi connectivity index (χ0v) is 23.2. The maximum absolute atomic E-state index is 12.8. The van der Waals surface area contributed by atoms with E-state index in [4.69, 9.17) is 7.85 Å². The Kier molecular flexibility index (Phi) is 15.9. The number of aliphatic hydroxyl groups is 1. The van der Waals surface area contributed by atoms with Crippen molar-refractivity contribution < 1.29 is 33.9 Å². The summed E-state index contributed by atoms with van der Waals surface area (Å²) in [7, 11) is 5.43. The monoisotopic (exact) mass is 557 g/mol. The van der Waals surface area contributed by atoms with Crippen LogP contribution in [0, 0.1) is 0 Å². The van der Waals surface area contributed by atoms with Crippen molar-refractivity contribution in [2.75, 3.05) is 26.2 Å². The Balaban J connectivity index is 2.55. The van der Waals surface area contributed by atoms with Crippen molar-refractivity contribution in [1.82, 2.24) is 26.6 Å². The highest BCUT2D eigenvalue weighted by Crippen LogP contribution is 2.06. The molecule has 0 saturated carbocycles. The number of unbranched alkanes of at least 4 members (excludes halogenated alkanes) is 3. The molecule has 0 aliphatic heterocycles. The van der Waals surface area contributed by atoms with E-state index < -0.39 is 54.0 Å². The van der Waals surface area contributed by atoms with E-state index in [9.17, 15) is 33.9 Å². The van der Waals surface area contributed by atoms with Gasteiger partial charge in [-0.05, 0) is 25.3 Å². The first-order valence-corrected chi connectivity index (χ1v) is 13.4. The van der Waals surface area contributed by atoms with Crippen LogP contribution in [0.2, 0.25) is 0 Å². The van der Waals surface area contributed by atoms with E-state index in [0.29, 0.717) is 6.42 Å². The molecule has 2 atom stereocenters. The lowest BCUT2D eigenvalue weighted by Crippen LogP contribution is -2.52. The zero-order chi connectivity index (χ0) is 30.0. The lowest BCUT2D eigenvalue weighted by Gasteiger charge is -2.21. The van der Waals surface area contributed by atoms with Gasteiger partial charge in [-0.3, -0.25) is 28.8 Å². The van der Waals surface area contributed by atoms with Crippen LogP contribution in [0.5, 0.6) is 0 Å². The predicted molar refractivity (Wildman–Crippen MR) is 149 cm³/mol. The van der Waals surface area contributed by atoms with Gasteiger partial charge in [0.2, 0.25) is 29.5 Å². The Bertz CT molecular complexity index is 1000. The summed E-state index contributed by atoms with van der Waals surface area (Å²) in [6.07, 6.45) is 4.03. The van der Waals surface area contributed by atoms with Crippen LogP contribution in [0.1, 0.15) is 57.9 Å². The van der Waals surface area contributed by atoms with Crippen LogP contribution in [0.15, 0.2) is 30.3 Å². The molecule has 0 spiro atoms. The SMILES string of the molecule is [B]C(O)(CCNC(=O)CNC(=O)C(Cc1ccccc1)NC(=O)CNC(=O)CNC(=O)CCCCCC)C(C)=O. The van der Waals surface area contributed by atoms with Gasteiger partial charge in [0.15, 0.2) is 5.78 Å². The number of amides is 5. The van der Waals surface area contributed by atoms with Gasteiger partial charge in [0.25, 0.3) is 0 Å². The number of Topliss-reactive ketones (excluding diaryl/α,β-unsaturated/α-hetero) is 1. The van der Waals surface area contributed by atoms with Crippen molar-refractivity contribution in [2.45, 2.75) is 70.3 Å². The summed E-state index contributed by atoms with van der Waals surface area (Å²) in [4.78, 5) is 72.5. The van der Waals surface area contributed by atoms with Crippen LogP contribution in [-0.2, 0) is 35.2 Å².